The number of methoxy groups -OCH3 is 1. The zero-order valence-electron chi connectivity index (χ0n) is 11.8. The van der Waals surface area contributed by atoms with Crippen LogP contribution in [-0.4, -0.2) is 22.1 Å². The van der Waals surface area contributed by atoms with Gasteiger partial charge in [-0.3, -0.25) is 4.98 Å². The Morgan fingerprint density at radius 3 is 2.91 bits per heavy atom. The summed E-state index contributed by atoms with van der Waals surface area (Å²) in [7, 11) is 1.59. The van der Waals surface area contributed by atoms with Crippen LogP contribution in [0, 0.1) is 6.92 Å². The van der Waals surface area contributed by atoms with E-state index in [2.05, 4.69) is 16.9 Å². The average Bonchev–Trinajstić information content (AvgIpc) is 3.13. The number of ether oxygens (including phenoxy) is 1. The maximum absolute atomic E-state index is 6.20. The Balaban J connectivity index is 2.00. The first-order valence-electron chi connectivity index (χ1n) is 6.34. The van der Waals surface area contributed by atoms with Gasteiger partial charge in [-0.2, -0.15) is 0 Å². The molecule has 0 aliphatic carbocycles. The van der Waals surface area contributed by atoms with Crippen LogP contribution in [0.1, 0.15) is 9.75 Å². The molecule has 3 rings (SSSR count). The number of hydrogen-bond donors (Lipinski definition) is 0. The summed E-state index contributed by atoms with van der Waals surface area (Å²) in [5.74, 6) is 0. The summed E-state index contributed by atoms with van der Waals surface area (Å²) in [5.41, 5.74) is 2.75. The zero-order valence-corrected chi connectivity index (χ0v) is 15.0. The van der Waals surface area contributed by atoms with Gasteiger partial charge in [0, 0.05) is 33.8 Å². The number of hydrogen-bond acceptors (Lipinski definition) is 6. The van der Waals surface area contributed by atoms with Crippen molar-refractivity contribution < 1.29 is 4.74 Å². The van der Waals surface area contributed by atoms with Crippen molar-refractivity contribution in [2.24, 2.45) is 0 Å². The van der Waals surface area contributed by atoms with Crippen molar-refractivity contribution in [2.45, 2.75) is 6.92 Å². The minimum atomic E-state index is 0.506. The third-order valence-electron chi connectivity index (χ3n) is 3.08. The molecule has 7 heteroatoms. The standard InChI is InChI=1S/C15H11ClN2OS3/c1-8-9(5-13(22-8)15(20)19-2)14-18-12(7-21-14)10-6-17-4-3-11(10)16/h3-7H,1-2H3. The molecule has 0 N–H and O–H groups in total. The predicted octanol–water partition coefficient (Wildman–Crippen LogP) is 5.22. The first-order valence-corrected chi connectivity index (χ1v) is 8.83. The first-order chi connectivity index (χ1) is 10.6. The Bertz CT molecular complexity index is 841. The lowest BCUT2D eigenvalue weighted by atomic mass is 10.2. The summed E-state index contributed by atoms with van der Waals surface area (Å²) in [6, 6.07) is 3.79. The van der Waals surface area contributed by atoms with E-state index in [0.717, 1.165) is 31.6 Å². The Labute approximate surface area is 146 Å². The molecule has 0 saturated heterocycles. The summed E-state index contributed by atoms with van der Waals surface area (Å²) in [4.78, 5) is 10.9. The van der Waals surface area contributed by atoms with Gasteiger partial charge in [-0.05, 0) is 31.3 Å². The van der Waals surface area contributed by atoms with Crippen molar-refractivity contribution in [1.82, 2.24) is 9.97 Å². The van der Waals surface area contributed by atoms with Crippen molar-refractivity contribution in [3.8, 4) is 21.8 Å². The number of pyridine rings is 1. The van der Waals surface area contributed by atoms with Gasteiger partial charge in [0.1, 0.15) is 5.01 Å². The Morgan fingerprint density at radius 1 is 1.36 bits per heavy atom. The van der Waals surface area contributed by atoms with E-state index >= 15 is 0 Å². The van der Waals surface area contributed by atoms with Crippen LogP contribution >= 0.6 is 46.5 Å². The van der Waals surface area contributed by atoms with Crippen LogP contribution < -0.4 is 0 Å². The Kier molecular flexibility index (Phi) is 4.54. The van der Waals surface area contributed by atoms with E-state index in [1.54, 1.807) is 48.2 Å². The van der Waals surface area contributed by atoms with Gasteiger partial charge in [-0.25, -0.2) is 4.98 Å². The van der Waals surface area contributed by atoms with Gasteiger partial charge in [-0.1, -0.05) is 11.6 Å². The van der Waals surface area contributed by atoms with Crippen molar-refractivity contribution in [2.75, 3.05) is 7.11 Å². The van der Waals surface area contributed by atoms with E-state index in [4.69, 9.17) is 28.6 Å². The van der Waals surface area contributed by atoms with Crippen LogP contribution in [0.2, 0.25) is 5.02 Å². The summed E-state index contributed by atoms with van der Waals surface area (Å²) < 4.78 is 5.13. The normalized spacial score (nSPS) is 10.7. The molecule has 0 aliphatic rings. The molecule has 3 aromatic heterocycles. The Morgan fingerprint density at radius 2 is 2.18 bits per heavy atom. The molecule has 0 spiro atoms. The van der Waals surface area contributed by atoms with Crippen molar-refractivity contribution >= 4 is 51.5 Å². The number of aromatic nitrogens is 2. The number of thiophene rings is 1. The molecule has 22 heavy (non-hydrogen) atoms. The van der Waals surface area contributed by atoms with Crippen molar-refractivity contribution in [3.63, 3.8) is 0 Å². The largest absolute Gasteiger partial charge is 0.486 e. The van der Waals surface area contributed by atoms with Gasteiger partial charge in [-0.15, -0.1) is 22.7 Å². The molecule has 0 fully saturated rings. The summed E-state index contributed by atoms with van der Waals surface area (Å²) in [6.07, 6.45) is 3.40. The van der Waals surface area contributed by atoms with Gasteiger partial charge in [0.25, 0.3) is 0 Å². The topological polar surface area (TPSA) is 35.0 Å². The van der Waals surface area contributed by atoms with E-state index in [1.807, 2.05) is 11.4 Å². The number of aryl methyl sites for hydroxylation is 1. The molecule has 0 unspecified atom stereocenters. The number of thiocarbonyl (C=S) groups is 1. The molecule has 0 radical (unpaired) electrons. The van der Waals surface area contributed by atoms with E-state index in [9.17, 15) is 0 Å². The quantitative estimate of drug-likeness (QED) is 0.595. The highest BCUT2D eigenvalue weighted by Crippen LogP contribution is 2.36. The minimum Gasteiger partial charge on any atom is -0.486 e. The van der Waals surface area contributed by atoms with Gasteiger partial charge in [0.05, 0.1) is 22.7 Å². The van der Waals surface area contributed by atoms with Crippen molar-refractivity contribution in [1.29, 1.82) is 0 Å². The summed E-state index contributed by atoms with van der Waals surface area (Å²) in [6.45, 7) is 2.06. The smallest absolute Gasteiger partial charge is 0.201 e. The van der Waals surface area contributed by atoms with Gasteiger partial charge >= 0.3 is 0 Å². The van der Waals surface area contributed by atoms with E-state index in [1.165, 1.54) is 0 Å². The first kappa shape index (κ1) is 15.6. The molecule has 0 amide bonds. The molecule has 3 aromatic rings. The molecule has 0 bridgehead atoms. The van der Waals surface area contributed by atoms with Gasteiger partial charge in [0.15, 0.2) is 0 Å². The highest BCUT2D eigenvalue weighted by molar-refractivity contribution is 7.80. The average molecular weight is 367 g/mol. The fraction of sp³-hybridized carbons (Fsp3) is 0.133. The van der Waals surface area contributed by atoms with Crippen LogP contribution in [0.15, 0.2) is 29.9 Å². The van der Waals surface area contributed by atoms with E-state index in [0.29, 0.717) is 10.1 Å². The van der Waals surface area contributed by atoms with Crippen LogP contribution in [0.25, 0.3) is 21.8 Å². The number of nitrogens with zero attached hydrogens (tertiary/aromatic N) is 2. The highest BCUT2D eigenvalue weighted by atomic mass is 35.5. The summed E-state index contributed by atoms with van der Waals surface area (Å²) in [5, 5.41) is 4.08. The lowest BCUT2D eigenvalue weighted by Crippen LogP contribution is -1.94. The third kappa shape index (κ3) is 2.92. The lowest BCUT2D eigenvalue weighted by molar-refractivity contribution is 0.417. The van der Waals surface area contributed by atoms with Crippen LogP contribution in [-0.2, 0) is 4.74 Å². The fourth-order valence-corrected chi connectivity index (χ4v) is 4.27. The fourth-order valence-electron chi connectivity index (χ4n) is 1.98. The molecule has 0 atom stereocenters. The molecule has 0 aliphatic heterocycles. The second-order valence-corrected chi connectivity index (χ2v) is 7.36. The Hall–Kier alpha value is -1.34. The maximum atomic E-state index is 6.20. The van der Waals surface area contributed by atoms with Gasteiger partial charge < -0.3 is 4.74 Å². The zero-order chi connectivity index (χ0) is 15.7. The lowest BCUT2D eigenvalue weighted by Gasteiger charge is -1.98. The van der Waals surface area contributed by atoms with Crippen LogP contribution in [0.5, 0.6) is 0 Å². The monoisotopic (exact) mass is 366 g/mol. The second kappa shape index (κ2) is 6.42. The third-order valence-corrected chi connectivity index (χ3v) is 5.85. The number of halogens is 1. The molecule has 3 heterocycles. The summed E-state index contributed by atoms with van der Waals surface area (Å²) >= 11 is 14.6. The van der Waals surface area contributed by atoms with Gasteiger partial charge in [0.2, 0.25) is 5.05 Å². The maximum Gasteiger partial charge on any atom is 0.201 e. The molecule has 0 saturated carbocycles. The molecular weight excluding hydrogens is 356 g/mol. The second-order valence-electron chi connectivity index (χ2n) is 4.47. The molecular formula is C15H11ClN2OS3. The van der Waals surface area contributed by atoms with E-state index in [-0.39, 0.29) is 0 Å². The van der Waals surface area contributed by atoms with Crippen molar-refractivity contribution in [3.05, 3.63) is 44.7 Å². The van der Waals surface area contributed by atoms with E-state index < -0.39 is 0 Å². The molecule has 0 aromatic carbocycles. The predicted molar refractivity (Wildman–Crippen MR) is 97.1 cm³/mol. The minimum absolute atomic E-state index is 0.506. The highest BCUT2D eigenvalue weighted by Gasteiger charge is 2.15. The number of thiazole rings is 1. The number of rotatable bonds is 3. The van der Waals surface area contributed by atoms with Crippen LogP contribution in [0.4, 0.5) is 0 Å². The SMILES string of the molecule is COC(=S)c1cc(-c2nc(-c3cnccc3Cl)cs2)c(C)s1. The molecule has 112 valence electrons. The van der Waals surface area contributed by atoms with Crippen LogP contribution in [0.3, 0.4) is 0 Å². The molecule has 3 nitrogen and oxygen atoms in total.